The first kappa shape index (κ1) is 17.4. The smallest absolute Gasteiger partial charge is 0.260 e. The number of hydrogen-bond donors (Lipinski definition) is 0. The fraction of sp³-hybridized carbons (Fsp3) is 0.167. The zero-order valence-electron chi connectivity index (χ0n) is 13.8. The van der Waals surface area contributed by atoms with Gasteiger partial charge in [0.2, 0.25) is 5.13 Å². The Bertz CT molecular complexity index is 863. The molecule has 1 amide bonds. The van der Waals surface area contributed by atoms with Crippen molar-refractivity contribution in [2.24, 2.45) is 0 Å². The van der Waals surface area contributed by atoms with Gasteiger partial charge in [0.05, 0.1) is 7.11 Å². The molecule has 0 saturated carbocycles. The van der Waals surface area contributed by atoms with E-state index in [-0.39, 0.29) is 5.91 Å². The molecule has 5 nitrogen and oxygen atoms in total. The molecule has 25 heavy (non-hydrogen) atoms. The van der Waals surface area contributed by atoms with Crippen LogP contribution in [0.3, 0.4) is 0 Å². The molecule has 3 aromatic rings. The molecule has 0 aliphatic rings. The maximum atomic E-state index is 12.7. The number of anilines is 1. The number of ether oxygens (including phenoxy) is 1. The average molecular weight is 374 g/mol. The van der Waals surface area contributed by atoms with Crippen LogP contribution in [0, 0.1) is 0 Å². The SMILES string of the molecule is CCN(C(=O)c1ccc(Cl)cc1)c1nnc(-c2ccc(OC)cc2)s1. The molecule has 0 atom stereocenters. The summed E-state index contributed by atoms with van der Waals surface area (Å²) in [4.78, 5) is 14.3. The number of hydrogen-bond acceptors (Lipinski definition) is 5. The third kappa shape index (κ3) is 3.81. The molecule has 2 aromatic carbocycles. The van der Waals surface area contributed by atoms with Crippen LogP contribution < -0.4 is 9.64 Å². The van der Waals surface area contributed by atoms with Crippen molar-refractivity contribution in [1.29, 1.82) is 0 Å². The van der Waals surface area contributed by atoms with Gasteiger partial charge >= 0.3 is 0 Å². The first-order valence-corrected chi connectivity index (χ1v) is 8.87. The summed E-state index contributed by atoms with van der Waals surface area (Å²) in [6.07, 6.45) is 0. The lowest BCUT2D eigenvalue weighted by Gasteiger charge is -2.17. The second kappa shape index (κ2) is 7.63. The number of nitrogens with zero attached hydrogens (tertiary/aromatic N) is 3. The normalized spacial score (nSPS) is 10.5. The summed E-state index contributed by atoms with van der Waals surface area (Å²) in [5, 5.41) is 10.3. The van der Waals surface area contributed by atoms with Crippen molar-refractivity contribution in [3.05, 3.63) is 59.1 Å². The van der Waals surface area contributed by atoms with Gasteiger partial charge in [0.15, 0.2) is 0 Å². The van der Waals surface area contributed by atoms with Gasteiger partial charge in [0.1, 0.15) is 10.8 Å². The summed E-state index contributed by atoms with van der Waals surface area (Å²) in [5.41, 5.74) is 1.49. The predicted molar refractivity (Wildman–Crippen MR) is 101 cm³/mol. The number of halogens is 1. The first-order chi connectivity index (χ1) is 12.1. The van der Waals surface area contributed by atoms with E-state index in [1.165, 1.54) is 11.3 Å². The van der Waals surface area contributed by atoms with Crippen molar-refractivity contribution in [2.75, 3.05) is 18.6 Å². The van der Waals surface area contributed by atoms with E-state index in [4.69, 9.17) is 16.3 Å². The molecule has 0 radical (unpaired) electrons. The molecule has 0 bridgehead atoms. The summed E-state index contributed by atoms with van der Waals surface area (Å²) < 4.78 is 5.16. The van der Waals surface area contributed by atoms with Gasteiger partial charge in [0, 0.05) is 22.7 Å². The van der Waals surface area contributed by atoms with E-state index in [1.54, 1.807) is 36.3 Å². The third-order valence-electron chi connectivity index (χ3n) is 3.63. The third-order valence-corrected chi connectivity index (χ3v) is 4.88. The van der Waals surface area contributed by atoms with E-state index in [0.717, 1.165) is 16.3 Å². The maximum absolute atomic E-state index is 12.7. The summed E-state index contributed by atoms with van der Waals surface area (Å²) in [7, 11) is 1.62. The molecule has 0 fully saturated rings. The second-order valence-corrected chi connectivity index (χ2v) is 6.57. The minimum atomic E-state index is -0.128. The minimum absolute atomic E-state index is 0.128. The van der Waals surface area contributed by atoms with Crippen LogP contribution in [0.2, 0.25) is 5.02 Å². The monoisotopic (exact) mass is 373 g/mol. The quantitative estimate of drug-likeness (QED) is 0.659. The number of amides is 1. The maximum Gasteiger partial charge on any atom is 0.260 e. The molecule has 0 N–H and O–H groups in total. The van der Waals surface area contributed by atoms with Crippen molar-refractivity contribution in [3.63, 3.8) is 0 Å². The Hall–Kier alpha value is -2.44. The molecule has 0 saturated heterocycles. The number of carbonyl (C=O) groups is 1. The van der Waals surface area contributed by atoms with Crippen molar-refractivity contribution < 1.29 is 9.53 Å². The van der Waals surface area contributed by atoms with Gasteiger partial charge in [-0.25, -0.2) is 0 Å². The summed E-state index contributed by atoms with van der Waals surface area (Å²) in [6.45, 7) is 2.40. The standard InChI is InChI=1S/C18H16ClN3O2S/c1-3-22(17(23)13-4-8-14(19)9-5-13)18-21-20-16(25-18)12-6-10-15(24-2)11-7-12/h4-11H,3H2,1-2H3. The lowest BCUT2D eigenvalue weighted by molar-refractivity contribution is 0.0988. The first-order valence-electron chi connectivity index (χ1n) is 7.67. The molecular weight excluding hydrogens is 358 g/mol. The van der Waals surface area contributed by atoms with Crippen LogP contribution >= 0.6 is 22.9 Å². The Morgan fingerprint density at radius 2 is 1.80 bits per heavy atom. The number of carbonyl (C=O) groups excluding carboxylic acids is 1. The highest BCUT2D eigenvalue weighted by Gasteiger charge is 2.20. The molecular formula is C18H16ClN3O2S. The van der Waals surface area contributed by atoms with Crippen LogP contribution in [0.4, 0.5) is 5.13 Å². The van der Waals surface area contributed by atoms with Gasteiger partial charge in [-0.1, -0.05) is 22.9 Å². The second-order valence-electron chi connectivity index (χ2n) is 5.17. The number of rotatable bonds is 5. The Morgan fingerprint density at radius 1 is 1.12 bits per heavy atom. The molecule has 0 aliphatic carbocycles. The fourth-order valence-corrected chi connectivity index (χ4v) is 3.33. The Labute approximate surface area is 154 Å². The van der Waals surface area contributed by atoms with Crippen LogP contribution in [0.5, 0.6) is 5.75 Å². The van der Waals surface area contributed by atoms with E-state index < -0.39 is 0 Å². The Morgan fingerprint density at radius 3 is 2.40 bits per heavy atom. The van der Waals surface area contributed by atoms with Crippen LogP contribution in [0.1, 0.15) is 17.3 Å². The number of aromatic nitrogens is 2. The van der Waals surface area contributed by atoms with Crippen LogP contribution in [0.15, 0.2) is 48.5 Å². The van der Waals surface area contributed by atoms with Crippen LogP contribution in [-0.2, 0) is 0 Å². The van der Waals surface area contributed by atoms with E-state index in [1.807, 2.05) is 31.2 Å². The molecule has 0 aliphatic heterocycles. The van der Waals surface area contributed by atoms with E-state index >= 15 is 0 Å². The minimum Gasteiger partial charge on any atom is -0.497 e. The zero-order chi connectivity index (χ0) is 17.8. The van der Waals surface area contributed by atoms with E-state index in [2.05, 4.69) is 10.2 Å². The van der Waals surface area contributed by atoms with Crippen molar-refractivity contribution in [2.45, 2.75) is 6.92 Å². The van der Waals surface area contributed by atoms with Crippen LogP contribution in [0.25, 0.3) is 10.6 Å². The van der Waals surface area contributed by atoms with Gasteiger partial charge in [-0.05, 0) is 55.5 Å². The summed E-state index contributed by atoms with van der Waals surface area (Å²) in [6, 6.07) is 14.4. The predicted octanol–water partition coefficient (Wildman–Crippen LogP) is 4.53. The van der Waals surface area contributed by atoms with Gasteiger partial charge in [0.25, 0.3) is 5.91 Å². The molecule has 1 aromatic heterocycles. The Balaban J connectivity index is 1.85. The van der Waals surface area contributed by atoms with Crippen molar-refractivity contribution in [3.8, 4) is 16.3 Å². The van der Waals surface area contributed by atoms with Gasteiger partial charge < -0.3 is 4.74 Å². The van der Waals surface area contributed by atoms with Crippen molar-refractivity contribution >= 4 is 34.0 Å². The van der Waals surface area contributed by atoms with Gasteiger partial charge in [-0.3, -0.25) is 9.69 Å². The number of methoxy groups -OCH3 is 1. The average Bonchev–Trinajstić information content (AvgIpc) is 3.12. The Kier molecular flexibility index (Phi) is 5.31. The lowest BCUT2D eigenvalue weighted by atomic mass is 10.2. The topological polar surface area (TPSA) is 55.3 Å². The lowest BCUT2D eigenvalue weighted by Crippen LogP contribution is -2.30. The highest BCUT2D eigenvalue weighted by molar-refractivity contribution is 7.18. The highest BCUT2D eigenvalue weighted by Crippen LogP contribution is 2.30. The highest BCUT2D eigenvalue weighted by atomic mass is 35.5. The largest absolute Gasteiger partial charge is 0.497 e. The number of benzene rings is 2. The van der Waals surface area contributed by atoms with E-state index in [0.29, 0.717) is 22.3 Å². The van der Waals surface area contributed by atoms with Crippen molar-refractivity contribution in [1.82, 2.24) is 10.2 Å². The molecule has 3 rings (SSSR count). The van der Waals surface area contributed by atoms with Gasteiger partial charge in [-0.2, -0.15) is 0 Å². The van der Waals surface area contributed by atoms with E-state index in [9.17, 15) is 4.79 Å². The van der Waals surface area contributed by atoms with Crippen LogP contribution in [-0.4, -0.2) is 29.8 Å². The fourth-order valence-electron chi connectivity index (χ4n) is 2.29. The summed E-state index contributed by atoms with van der Waals surface area (Å²) >= 11 is 7.26. The zero-order valence-corrected chi connectivity index (χ0v) is 15.3. The molecule has 1 heterocycles. The summed E-state index contributed by atoms with van der Waals surface area (Å²) in [5.74, 6) is 0.651. The molecule has 7 heteroatoms. The molecule has 0 unspecified atom stereocenters. The molecule has 128 valence electrons. The molecule has 0 spiro atoms. The van der Waals surface area contributed by atoms with Gasteiger partial charge in [-0.15, -0.1) is 10.2 Å².